The molecular formula is C15H14BrCl2NO. The summed E-state index contributed by atoms with van der Waals surface area (Å²) in [6.45, 7) is 2.09. The third kappa shape index (κ3) is 3.67. The Bertz CT molecular complexity index is 619. The van der Waals surface area contributed by atoms with E-state index < -0.39 is 0 Å². The van der Waals surface area contributed by atoms with Gasteiger partial charge >= 0.3 is 0 Å². The van der Waals surface area contributed by atoms with Gasteiger partial charge in [-0.25, -0.2) is 0 Å². The second-order valence-electron chi connectivity index (χ2n) is 4.38. The van der Waals surface area contributed by atoms with E-state index in [2.05, 4.69) is 28.2 Å². The van der Waals surface area contributed by atoms with Crippen molar-refractivity contribution in [3.8, 4) is 11.5 Å². The fraction of sp³-hybridized carbons (Fsp3) is 0.200. The maximum absolute atomic E-state index is 6.16. The molecule has 2 nitrogen and oxygen atoms in total. The molecule has 2 aromatic rings. The number of ether oxygens (including phenoxy) is 1. The van der Waals surface area contributed by atoms with Crippen molar-refractivity contribution in [2.45, 2.75) is 13.0 Å². The molecule has 2 aromatic carbocycles. The van der Waals surface area contributed by atoms with Crippen LogP contribution in [-0.2, 0) is 0 Å². The van der Waals surface area contributed by atoms with Crippen LogP contribution in [0, 0.1) is 0 Å². The van der Waals surface area contributed by atoms with E-state index in [9.17, 15) is 0 Å². The zero-order valence-corrected chi connectivity index (χ0v) is 14.2. The van der Waals surface area contributed by atoms with Crippen molar-refractivity contribution in [2.75, 3.05) is 7.05 Å². The molecule has 0 saturated carbocycles. The number of rotatable bonds is 4. The lowest BCUT2D eigenvalue weighted by molar-refractivity contribution is 0.481. The molecular weight excluding hydrogens is 361 g/mol. The van der Waals surface area contributed by atoms with Gasteiger partial charge in [-0.3, -0.25) is 0 Å². The maximum atomic E-state index is 6.16. The molecule has 0 aliphatic rings. The van der Waals surface area contributed by atoms with Crippen LogP contribution in [0.15, 0.2) is 40.9 Å². The van der Waals surface area contributed by atoms with Crippen molar-refractivity contribution in [3.63, 3.8) is 0 Å². The Morgan fingerprint density at radius 2 is 1.90 bits per heavy atom. The third-order valence-corrected chi connectivity index (χ3v) is 4.49. The van der Waals surface area contributed by atoms with Gasteiger partial charge in [-0.2, -0.15) is 0 Å². The van der Waals surface area contributed by atoms with Crippen LogP contribution in [0.4, 0.5) is 0 Å². The first-order valence-electron chi connectivity index (χ1n) is 6.11. The van der Waals surface area contributed by atoms with Gasteiger partial charge in [0.25, 0.3) is 0 Å². The minimum atomic E-state index is 0.252. The average molecular weight is 375 g/mol. The van der Waals surface area contributed by atoms with E-state index in [4.69, 9.17) is 27.9 Å². The first kappa shape index (κ1) is 15.6. The van der Waals surface area contributed by atoms with Crippen LogP contribution in [0.3, 0.4) is 0 Å². The van der Waals surface area contributed by atoms with Crippen LogP contribution >= 0.6 is 39.1 Å². The van der Waals surface area contributed by atoms with Gasteiger partial charge in [0, 0.05) is 16.6 Å². The molecule has 0 saturated heterocycles. The summed E-state index contributed by atoms with van der Waals surface area (Å²) in [6.07, 6.45) is 0. The molecule has 0 spiro atoms. The first-order chi connectivity index (χ1) is 9.51. The lowest BCUT2D eigenvalue weighted by Crippen LogP contribution is -2.12. The van der Waals surface area contributed by atoms with Crippen molar-refractivity contribution >= 4 is 39.1 Å². The van der Waals surface area contributed by atoms with Crippen molar-refractivity contribution < 1.29 is 4.74 Å². The summed E-state index contributed by atoms with van der Waals surface area (Å²) in [6, 6.07) is 11.5. The number of hydrogen-bond acceptors (Lipinski definition) is 2. The second kappa shape index (κ2) is 6.81. The highest BCUT2D eigenvalue weighted by molar-refractivity contribution is 9.10. The molecule has 0 amide bonds. The fourth-order valence-corrected chi connectivity index (χ4v) is 2.55. The monoisotopic (exact) mass is 373 g/mol. The molecule has 0 bridgehead atoms. The van der Waals surface area contributed by atoms with E-state index in [1.165, 1.54) is 0 Å². The molecule has 1 unspecified atom stereocenters. The summed E-state index contributed by atoms with van der Waals surface area (Å²) in [4.78, 5) is 0. The van der Waals surface area contributed by atoms with E-state index in [1.54, 1.807) is 12.1 Å². The fourth-order valence-electron chi connectivity index (χ4n) is 1.72. The second-order valence-corrected chi connectivity index (χ2v) is 6.05. The molecule has 0 aliphatic heterocycles. The Balaban J connectivity index is 2.28. The highest BCUT2D eigenvalue weighted by atomic mass is 79.9. The van der Waals surface area contributed by atoms with Crippen LogP contribution in [0.25, 0.3) is 0 Å². The van der Waals surface area contributed by atoms with E-state index in [1.807, 2.05) is 31.3 Å². The van der Waals surface area contributed by atoms with Crippen LogP contribution in [0.5, 0.6) is 11.5 Å². The smallest absolute Gasteiger partial charge is 0.147 e. The van der Waals surface area contributed by atoms with Gasteiger partial charge in [0.2, 0.25) is 0 Å². The lowest BCUT2D eigenvalue weighted by Gasteiger charge is -2.13. The number of benzene rings is 2. The molecule has 1 atom stereocenters. The first-order valence-corrected chi connectivity index (χ1v) is 7.65. The van der Waals surface area contributed by atoms with Crippen molar-refractivity contribution in [1.29, 1.82) is 0 Å². The van der Waals surface area contributed by atoms with Gasteiger partial charge in [-0.15, -0.1) is 0 Å². The van der Waals surface area contributed by atoms with Crippen LogP contribution in [0.1, 0.15) is 18.5 Å². The van der Waals surface area contributed by atoms with Crippen LogP contribution < -0.4 is 10.1 Å². The molecule has 5 heteroatoms. The average Bonchev–Trinajstić information content (AvgIpc) is 2.44. The predicted molar refractivity (Wildman–Crippen MR) is 88.2 cm³/mol. The molecule has 106 valence electrons. The van der Waals surface area contributed by atoms with Crippen molar-refractivity contribution in [1.82, 2.24) is 5.32 Å². The highest BCUT2D eigenvalue weighted by Gasteiger charge is 2.09. The number of halogens is 3. The van der Waals surface area contributed by atoms with E-state index in [0.717, 1.165) is 15.8 Å². The summed E-state index contributed by atoms with van der Waals surface area (Å²) < 4.78 is 6.56. The number of nitrogens with one attached hydrogen (secondary N) is 1. The molecule has 0 radical (unpaired) electrons. The van der Waals surface area contributed by atoms with Gasteiger partial charge in [-0.05, 0) is 53.7 Å². The molecule has 2 rings (SSSR count). The van der Waals surface area contributed by atoms with Crippen LogP contribution in [0.2, 0.25) is 10.0 Å². The zero-order chi connectivity index (χ0) is 14.7. The highest BCUT2D eigenvalue weighted by Crippen LogP contribution is 2.36. The Kier molecular flexibility index (Phi) is 5.33. The minimum absolute atomic E-state index is 0.252. The largest absolute Gasteiger partial charge is 0.456 e. The molecule has 0 aliphatic carbocycles. The summed E-state index contributed by atoms with van der Waals surface area (Å²) in [5, 5.41) is 4.26. The molecule has 0 heterocycles. The zero-order valence-electron chi connectivity index (χ0n) is 11.1. The van der Waals surface area contributed by atoms with Gasteiger partial charge in [0.1, 0.15) is 11.5 Å². The summed E-state index contributed by atoms with van der Waals surface area (Å²) in [7, 11) is 1.92. The minimum Gasteiger partial charge on any atom is -0.456 e. The van der Waals surface area contributed by atoms with Gasteiger partial charge in [0.05, 0.1) is 10.0 Å². The Morgan fingerprint density at radius 3 is 2.60 bits per heavy atom. The topological polar surface area (TPSA) is 21.3 Å². The summed E-state index contributed by atoms with van der Waals surface area (Å²) in [5.74, 6) is 1.26. The SMILES string of the molecule is CNC(C)c1cccc(Oc2cc(Cl)c(Br)cc2Cl)c1. The van der Waals surface area contributed by atoms with E-state index in [0.29, 0.717) is 15.8 Å². The molecule has 0 aromatic heterocycles. The quantitative estimate of drug-likeness (QED) is 0.680. The van der Waals surface area contributed by atoms with Crippen LogP contribution in [-0.4, -0.2) is 7.05 Å². The molecule has 20 heavy (non-hydrogen) atoms. The normalized spacial score (nSPS) is 12.2. The standard InChI is InChI=1S/C15H14BrCl2NO/c1-9(19-2)10-4-3-5-11(6-10)20-15-8-13(17)12(16)7-14(15)18/h3-9,19H,1-2H3. The lowest BCUT2D eigenvalue weighted by atomic mass is 10.1. The Hall–Kier alpha value is -0.740. The van der Waals surface area contributed by atoms with Gasteiger partial charge < -0.3 is 10.1 Å². The van der Waals surface area contributed by atoms with Crippen molar-refractivity contribution in [3.05, 3.63) is 56.5 Å². The summed E-state index contributed by atoms with van der Waals surface area (Å²) in [5.41, 5.74) is 1.14. The van der Waals surface area contributed by atoms with Gasteiger partial charge in [-0.1, -0.05) is 35.3 Å². The predicted octanol–water partition coefficient (Wildman–Crippen LogP) is 5.83. The maximum Gasteiger partial charge on any atom is 0.147 e. The molecule has 1 N–H and O–H groups in total. The summed E-state index contributed by atoms with van der Waals surface area (Å²) >= 11 is 15.5. The van der Waals surface area contributed by atoms with Crippen molar-refractivity contribution in [2.24, 2.45) is 0 Å². The van der Waals surface area contributed by atoms with E-state index >= 15 is 0 Å². The van der Waals surface area contributed by atoms with Gasteiger partial charge in [0.15, 0.2) is 0 Å². The number of hydrogen-bond donors (Lipinski definition) is 1. The molecule has 0 fully saturated rings. The Labute approximate surface area is 137 Å². The Morgan fingerprint density at radius 1 is 1.15 bits per heavy atom. The van der Waals surface area contributed by atoms with E-state index in [-0.39, 0.29) is 6.04 Å². The third-order valence-electron chi connectivity index (χ3n) is 2.99.